The van der Waals surface area contributed by atoms with E-state index in [1.807, 2.05) is 31.2 Å². The molecule has 1 N–H and O–H groups in total. The highest BCUT2D eigenvalue weighted by atomic mass is 32.2. The van der Waals surface area contributed by atoms with Crippen LogP contribution in [0.15, 0.2) is 42.5 Å². The number of nitrogens with one attached hydrogen (secondary N) is 1. The lowest BCUT2D eigenvalue weighted by atomic mass is 10.1. The van der Waals surface area contributed by atoms with Crippen molar-refractivity contribution in [3.05, 3.63) is 65.2 Å². The molecule has 0 aliphatic heterocycles. The molecule has 0 atom stereocenters. The molecular formula is C17H18F2N2O3S. The number of rotatable bonds is 6. The summed E-state index contributed by atoms with van der Waals surface area (Å²) in [7, 11) is -4.05. The maximum Gasteiger partial charge on any atom is 0.241 e. The molecule has 0 aliphatic rings. The van der Waals surface area contributed by atoms with E-state index < -0.39 is 39.8 Å². The summed E-state index contributed by atoms with van der Waals surface area (Å²) >= 11 is 0. The van der Waals surface area contributed by atoms with Gasteiger partial charge in [0.1, 0.15) is 12.2 Å². The van der Waals surface area contributed by atoms with E-state index in [0.717, 1.165) is 35.6 Å². The van der Waals surface area contributed by atoms with Gasteiger partial charge in [-0.05, 0) is 24.6 Å². The van der Waals surface area contributed by atoms with Crippen molar-refractivity contribution >= 4 is 21.6 Å². The molecule has 2 aromatic carbocycles. The van der Waals surface area contributed by atoms with Gasteiger partial charge in [-0.2, -0.15) is 0 Å². The van der Waals surface area contributed by atoms with Crippen LogP contribution in [0.1, 0.15) is 11.1 Å². The molecule has 0 saturated carbocycles. The topological polar surface area (TPSA) is 66.5 Å². The van der Waals surface area contributed by atoms with Gasteiger partial charge in [0.15, 0.2) is 11.6 Å². The molecule has 0 radical (unpaired) electrons. The van der Waals surface area contributed by atoms with E-state index in [4.69, 9.17) is 0 Å². The van der Waals surface area contributed by atoms with Crippen LogP contribution in [0.25, 0.3) is 0 Å². The van der Waals surface area contributed by atoms with Crippen molar-refractivity contribution in [2.45, 2.75) is 13.5 Å². The highest BCUT2D eigenvalue weighted by Gasteiger charge is 2.26. The molecule has 0 bridgehead atoms. The average Bonchev–Trinajstić information content (AvgIpc) is 2.52. The fourth-order valence-corrected chi connectivity index (χ4v) is 3.04. The van der Waals surface area contributed by atoms with Gasteiger partial charge < -0.3 is 5.32 Å². The van der Waals surface area contributed by atoms with Crippen molar-refractivity contribution in [2.24, 2.45) is 0 Å². The SMILES string of the molecule is Cc1ccc(CNC(=O)CN(c2c(F)cccc2F)S(C)(=O)=O)cc1. The number of benzene rings is 2. The minimum absolute atomic E-state index is 0.177. The summed E-state index contributed by atoms with van der Waals surface area (Å²) in [4.78, 5) is 12.1. The molecular weight excluding hydrogens is 350 g/mol. The highest BCUT2D eigenvalue weighted by molar-refractivity contribution is 7.92. The Morgan fingerprint density at radius 1 is 1.08 bits per heavy atom. The van der Waals surface area contributed by atoms with Crippen molar-refractivity contribution < 1.29 is 22.0 Å². The Kier molecular flexibility index (Phi) is 5.73. The maximum absolute atomic E-state index is 13.9. The number of carbonyl (C=O) groups excluding carboxylic acids is 1. The van der Waals surface area contributed by atoms with Crippen LogP contribution in [0, 0.1) is 18.6 Å². The fraction of sp³-hybridized carbons (Fsp3) is 0.235. The molecule has 8 heteroatoms. The molecule has 0 saturated heterocycles. The zero-order chi connectivity index (χ0) is 18.6. The normalized spacial score (nSPS) is 11.2. The minimum atomic E-state index is -4.05. The van der Waals surface area contributed by atoms with E-state index in [-0.39, 0.29) is 6.54 Å². The number of amides is 1. The summed E-state index contributed by atoms with van der Waals surface area (Å²) in [6.45, 7) is 1.38. The van der Waals surface area contributed by atoms with Crippen molar-refractivity contribution in [3.8, 4) is 0 Å². The highest BCUT2D eigenvalue weighted by Crippen LogP contribution is 2.25. The van der Waals surface area contributed by atoms with Gasteiger partial charge in [0.2, 0.25) is 15.9 Å². The quantitative estimate of drug-likeness (QED) is 0.851. The van der Waals surface area contributed by atoms with Crippen LogP contribution in [0.4, 0.5) is 14.5 Å². The second-order valence-electron chi connectivity index (χ2n) is 5.60. The van der Waals surface area contributed by atoms with Gasteiger partial charge in [0.25, 0.3) is 0 Å². The summed E-state index contributed by atoms with van der Waals surface area (Å²) in [6, 6.07) is 10.4. The molecule has 134 valence electrons. The molecule has 25 heavy (non-hydrogen) atoms. The molecule has 5 nitrogen and oxygen atoms in total. The molecule has 0 aromatic heterocycles. The predicted octanol–water partition coefficient (Wildman–Crippen LogP) is 2.36. The number of halogens is 2. The van der Waals surface area contributed by atoms with Crippen LogP contribution in [-0.4, -0.2) is 27.1 Å². The summed E-state index contributed by atoms with van der Waals surface area (Å²) < 4.78 is 52.0. The molecule has 1 amide bonds. The monoisotopic (exact) mass is 368 g/mol. The van der Waals surface area contributed by atoms with Crippen molar-refractivity contribution in [1.29, 1.82) is 0 Å². The number of sulfonamides is 1. The number of anilines is 1. The van der Waals surface area contributed by atoms with E-state index in [1.54, 1.807) is 0 Å². The summed E-state index contributed by atoms with van der Waals surface area (Å²) in [5.74, 6) is -2.79. The third kappa shape index (κ3) is 4.99. The molecule has 0 heterocycles. The summed E-state index contributed by atoms with van der Waals surface area (Å²) in [5.41, 5.74) is 1.12. The number of carbonyl (C=O) groups is 1. The third-order valence-electron chi connectivity index (χ3n) is 3.48. The Morgan fingerprint density at radius 3 is 2.16 bits per heavy atom. The number of nitrogens with zero attached hydrogens (tertiary/aromatic N) is 1. The predicted molar refractivity (Wildman–Crippen MR) is 91.6 cm³/mol. The van der Waals surface area contributed by atoms with Crippen molar-refractivity contribution in [1.82, 2.24) is 5.32 Å². The van der Waals surface area contributed by atoms with Crippen molar-refractivity contribution in [2.75, 3.05) is 17.1 Å². The maximum atomic E-state index is 13.9. The Bertz CT molecular complexity index is 848. The standard InChI is InChI=1S/C17H18F2N2O3S/c1-12-6-8-13(9-7-12)10-20-16(22)11-21(25(2,23)24)17-14(18)4-3-5-15(17)19/h3-9H,10-11H2,1-2H3,(H,20,22). The second kappa shape index (κ2) is 7.60. The van der Waals surface area contributed by atoms with Gasteiger partial charge in [0, 0.05) is 6.54 Å². The van der Waals surface area contributed by atoms with Crippen LogP contribution in [-0.2, 0) is 21.4 Å². The molecule has 0 aliphatic carbocycles. The largest absolute Gasteiger partial charge is 0.350 e. The van der Waals surface area contributed by atoms with Crippen LogP contribution >= 0.6 is 0 Å². The zero-order valence-electron chi connectivity index (χ0n) is 13.8. The zero-order valence-corrected chi connectivity index (χ0v) is 14.6. The first-order valence-electron chi connectivity index (χ1n) is 7.42. The van der Waals surface area contributed by atoms with Gasteiger partial charge in [0.05, 0.1) is 6.26 Å². The Labute approximate surface area is 145 Å². The fourth-order valence-electron chi connectivity index (χ4n) is 2.18. The van der Waals surface area contributed by atoms with E-state index in [2.05, 4.69) is 5.32 Å². The molecule has 2 aromatic rings. The number of hydrogen-bond acceptors (Lipinski definition) is 3. The van der Waals surface area contributed by atoms with Crippen molar-refractivity contribution in [3.63, 3.8) is 0 Å². The lowest BCUT2D eigenvalue weighted by Crippen LogP contribution is -2.41. The second-order valence-corrected chi connectivity index (χ2v) is 7.51. The van der Waals surface area contributed by atoms with Gasteiger partial charge in [-0.3, -0.25) is 9.10 Å². The summed E-state index contributed by atoms with van der Waals surface area (Å²) in [6.07, 6.45) is 0.784. The van der Waals surface area contributed by atoms with Crippen LogP contribution in [0.5, 0.6) is 0 Å². The van der Waals surface area contributed by atoms with E-state index in [0.29, 0.717) is 4.31 Å². The Hall–Kier alpha value is -2.48. The molecule has 2 rings (SSSR count). The molecule has 0 fully saturated rings. The van der Waals surface area contributed by atoms with Gasteiger partial charge >= 0.3 is 0 Å². The number of hydrogen-bond donors (Lipinski definition) is 1. The van der Waals surface area contributed by atoms with Gasteiger partial charge in [-0.15, -0.1) is 0 Å². The lowest BCUT2D eigenvalue weighted by Gasteiger charge is -2.22. The first-order valence-corrected chi connectivity index (χ1v) is 9.27. The van der Waals surface area contributed by atoms with Gasteiger partial charge in [-0.1, -0.05) is 35.9 Å². The first-order chi connectivity index (χ1) is 11.7. The van der Waals surface area contributed by atoms with E-state index in [1.165, 1.54) is 0 Å². The Morgan fingerprint density at radius 2 is 1.64 bits per heavy atom. The van der Waals surface area contributed by atoms with Crippen LogP contribution < -0.4 is 9.62 Å². The minimum Gasteiger partial charge on any atom is -0.350 e. The third-order valence-corrected chi connectivity index (χ3v) is 4.60. The number of aryl methyl sites for hydroxylation is 1. The van der Waals surface area contributed by atoms with Crippen LogP contribution in [0.2, 0.25) is 0 Å². The molecule has 0 unspecified atom stereocenters. The smallest absolute Gasteiger partial charge is 0.241 e. The average molecular weight is 368 g/mol. The Balaban J connectivity index is 2.15. The molecule has 0 spiro atoms. The van der Waals surface area contributed by atoms with E-state index in [9.17, 15) is 22.0 Å². The first kappa shape index (κ1) is 18.9. The lowest BCUT2D eigenvalue weighted by molar-refractivity contribution is -0.119. The van der Waals surface area contributed by atoms with Gasteiger partial charge in [-0.25, -0.2) is 17.2 Å². The van der Waals surface area contributed by atoms with Crippen LogP contribution in [0.3, 0.4) is 0 Å². The number of para-hydroxylation sites is 1. The van der Waals surface area contributed by atoms with E-state index >= 15 is 0 Å². The summed E-state index contributed by atoms with van der Waals surface area (Å²) in [5, 5.41) is 2.54.